The average molecular weight is 1160 g/mol. The number of nitrogens with one attached hydrogen (secondary N) is 2. The van der Waals surface area contributed by atoms with Gasteiger partial charge in [0, 0.05) is 57.5 Å². The van der Waals surface area contributed by atoms with Gasteiger partial charge >= 0.3 is 0 Å². The largest absolute Gasteiger partial charge is 0.484 e. The Bertz CT molecular complexity index is 2620. The van der Waals surface area contributed by atoms with Gasteiger partial charge in [0.15, 0.2) is 0 Å². The molecule has 0 spiro atoms. The van der Waals surface area contributed by atoms with E-state index in [0.29, 0.717) is 89.3 Å². The summed E-state index contributed by atoms with van der Waals surface area (Å²) in [6.45, 7) is 8.74. The number of ether oxygens (including phenoxy) is 6. The highest BCUT2D eigenvalue weighted by Crippen LogP contribution is 2.41. The maximum atomic E-state index is 13.0. The molecule has 0 bridgehead atoms. The predicted octanol–water partition coefficient (Wildman–Crippen LogP) is 8.05. The number of hydrogen-bond donors (Lipinski definition) is 3. The summed E-state index contributed by atoms with van der Waals surface area (Å²) in [5.41, 5.74) is 10.9. The molecule has 2 aliphatic carbocycles. The Balaban J connectivity index is 0.590. The van der Waals surface area contributed by atoms with E-state index in [1.807, 2.05) is 6.92 Å². The SMILES string of the molecule is CC(N)(CCC(=O)CCCOCCOCCNS(=O)(=O)c1ccc(O[C@H]2c3ccccc3C[C@@H]2N2CCCCC2)cc1)CCC(=O)CCCOCCOCCNS(=O)(=O)c1ccc(O[C@H]2c3ccccc3C[C@@H]2N2CCCCC2)cc1. The van der Waals surface area contributed by atoms with E-state index in [1.54, 1.807) is 48.5 Å². The Morgan fingerprint density at radius 2 is 0.877 bits per heavy atom. The molecule has 0 saturated carbocycles. The van der Waals surface area contributed by atoms with Gasteiger partial charge in [-0.3, -0.25) is 19.4 Å². The minimum absolute atomic E-state index is 0.0927. The highest BCUT2D eigenvalue weighted by molar-refractivity contribution is 7.89. The molecule has 4 aliphatic rings. The molecule has 2 heterocycles. The van der Waals surface area contributed by atoms with Crippen molar-refractivity contribution in [3.63, 3.8) is 0 Å². The van der Waals surface area contributed by atoms with Crippen molar-refractivity contribution >= 4 is 31.6 Å². The number of nitrogens with zero attached hydrogens (tertiary/aromatic N) is 2. The molecule has 4 atom stereocenters. The number of hydrogen-bond acceptors (Lipinski definition) is 15. The number of likely N-dealkylation sites (tertiary alicyclic amines) is 2. The summed E-state index contributed by atoms with van der Waals surface area (Å²) in [6, 6.07) is 30.6. The average Bonchev–Trinajstić information content (AvgIpc) is 4.22. The smallest absolute Gasteiger partial charge is 0.240 e. The molecule has 4 N–H and O–H groups in total. The first-order valence-electron chi connectivity index (χ1n) is 29.5. The predicted molar refractivity (Wildman–Crippen MR) is 312 cm³/mol. The third-order valence-corrected chi connectivity index (χ3v) is 19.0. The number of rotatable bonds is 36. The first-order chi connectivity index (χ1) is 39.2. The van der Waals surface area contributed by atoms with Crippen LogP contribution in [0.4, 0.5) is 0 Å². The molecule has 2 saturated heterocycles. The van der Waals surface area contributed by atoms with Crippen LogP contribution < -0.4 is 24.7 Å². The van der Waals surface area contributed by atoms with Gasteiger partial charge in [-0.05, 0) is 168 Å². The number of carbonyl (C=O) groups is 2. The van der Waals surface area contributed by atoms with Crippen molar-refractivity contribution in [2.75, 3.05) is 92.1 Å². The van der Waals surface area contributed by atoms with E-state index in [2.05, 4.69) is 67.8 Å². The molecular formula is C62H87N5O12S2. The summed E-state index contributed by atoms with van der Waals surface area (Å²) in [5.74, 6) is 1.46. The van der Waals surface area contributed by atoms with Gasteiger partial charge in [-0.25, -0.2) is 26.3 Å². The van der Waals surface area contributed by atoms with Crippen LogP contribution in [0.3, 0.4) is 0 Å². The topological polar surface area (TPSA) is 214 Å². The van der Waals surface area contributed by atoms with Crippen LogP contribution in [0.25, 0.3) is 0 Å². The molecule has 444 valence electrons. The number of fused-ring (bicyclic) bond motifs is 2. The number of carbonyl (C=O) groups excluding carboxylic acids is 2. The van der Waals surface area contributed by atoms with Gasteiger partial charge in [-0.2, -0.15) is 0 Å². The Kier molecular flexibility index (Phi) is 24.1. The molecule has 4 aromatic carbocycles. The molecular weight excluding hydrogens is 1070 g/mol. The number of benzene rings is 4. The van der Waals surface area contributed by atoms with Crippen molar-refractivity contribution in [1.82, 2.24) is 19.2 Å². The fourth-order valence-electron chi connectivity index (χ4n) is 11.5. The third kappa shape index (κ3) is 19.2. The van der Waals surface area contributed by atoms with E-state index < -0.39 is 25.6 Å². The van der Waals surface area contributed by atoms with Crippen molar-refractivity contribution in [1.29, 1.82) is 0 Å². The van der Waals surface area contributed by atoms with Crippen LogP contribution >= 0.6 is 0 Å². The molecule has 2 fully saturated rings. The van der Waals surface area contributed by atoms with Crippen molar-refractivity contribution < 1.29 is 54.8 Å². The van der Waals surface area contributed by atoms with Gasteiger partial charge < -0.3 is 34.2 Å². The number of ketones is 2. The lowest BCUT2D eigenvalue weighted by molar-refractivity contribution is -0.119. The fraction of sp³-hybridized carbons (Fsp3) is 0.581. The van der Waals surface area contributed by atoms with Crippen LogP contribution in [-0.4, -0.2) is 148 Å². The van der Waals surface area contributed by atoms with E-state index in [0.717, 1.165) is 39.0 Å². The van der Waals surface area contributed by atoms with Gasteiger partial charge in [0.25, 0.3) is 0 Å². The van der Waals surface area contributed by atoms with Crippen molar-refractivity contribution in [2.45, 2.75) is 149 Å². The quantitative estimate of drug-likeness (QED) is 0.0368. The first-order valence-corrected chi connectivity index (χ1v) is 32.5. The summed E-state index contributed by atoms with van der Waals surface area (Å²) in [4.78, 5) is 30.6. The second-order valence-corrected chi connectivity index (χ2v) is 25.9. The Labute approximate surface area is 481 Å². The van der Waals surface area contributed by atoms with Crippen LogP contribution in [0, 0.1) is 0 Å². The molecule has 2 aliphatic heterocycles. The zero-order valence-corrected chi connectivity index (χ0v) is 49.1. The zero-order valence-electron chi connectivity index (χ0n) is 47.4. The molecule has 17 nitrogen and oxygen atoms in total. The summed E-state index contributed by atoms with van der Waals surface area (Å²) in [6.07, 6.45) is 12.5. The molecule has 0 aromatic heterocycles. The highest BCUT2D eigenvalue weighted by atomic mass is 32.2. The summed E-state index contributed by atoms with van der Waals surface area (Å²) >= 11 is 0. The monoisotopic (exact) mass is 1160 g/mol. The zero-order chi connectivity index (χ0) is 56.9. The first kappa shape index (κ1) is 62.4. The molecule has 19 heteroatoms. The van der Waals surface area contributed by atoms with Gasteiger partial charge in [0.2, 0.25) is 20.0 Å². The van der Waals surface area contributed by atoms with Crippen LogP contribution in [0.15, 0.2) is 107 Å². The molecule has 81 heavy (non-hydrogen) atoms. The lowest BCUT2D eigenvalue weighted by Crippen LogP contribution is -2.43. The van der Waals surface area contributed by atoms with Crippen molar-refractivity contribution in [3.8, 4) is 11.5 Å². The number of nitrogens with two attached hydrogens (primary N) is 1. The van der Waals surface area contributed by atoms with E-state index in [-0.39, 0.29) is 85.2 Å². The summed E-state index contributed by atoms with van der Waals surface area (Å²) < 4.78 is 92.8. The Hall–Kier alpha value is -4.64. The maximum Gasteiger partial charge on any atom is 0.240 e. The Morgan fingerprint density at radius 3 is 1.27 bits per heavy atom. The van der Waals surface area contributed by atoms with E-state index in [9.17, 15) is 26.4 Å². The van der Waals surface area contributed by atoms with Crippen LogP contribution in [-0.2, 0) is 61.4 Å². The van der Waals surface area contributed by atoms with Gasteiger partial charge in [-0.15, -0.1) is 0 Å². The maximum absolute atomic E-state index is 13.0. The number of Topliss-reactive ketones (excluding diaryl/α,β-unsaturated/α-hetero) is 2. The summed E-state index contributed by atoms with van der Waals surface area (Å²) in [5, 5.41) is 0. The van der Waals surface area contributed by atoms with E-state index in [1.165, 1.54) is 60.8 Å². The molecule has 0 amide bonds. The van der Waals surface area contributed by atoms with Crippen molar-refractivity contribution in [3.05, 3.63) is 119 Å². The third-order valence-electron chi connectivity index (χ3n) is 16.1. The van der Waals surface area contributed by atoms with Crippen LogP contribution in [0.1, 0.15) is 131 Å². The minimum Gasteiger partial charge on any atom is -0.484 e. The molecule has 4 aromatic rings. The second kappa shape index (κ2) is 31.3. The van der Waals surface area contributed by atoms with E-state index >= 15 is 0 Å². The molecule has 8 rings (SSSR count). The van der Waals surface area contributed by atoms with Crippen molar-refractivity contribution in [2.24, 2.45) is 5.73 Å². The van der Waals surface area contributed by atoms with E-state index in [4.69, 9.17) is 34.2 Å². The number of sulfonamides is 2. The Morgan fingerprint density at radius 1 is 0.506 bits per heavy atom. The molecule has 0 unspecified atom stereocenters. The summed E-state index contributed by atoms with van der Waals surface area (Å²) in [7, 11) is -7.48. The van der Waals surface area contributed by atoms with Crippen LogP contribution in [0.2, 0.25) is 0 Å². The van der Waals surface area contributed by atoms with Crippen LogP contribution in [0.5, 0.6) is 11.5 Å². The molecule has 0 radical (unpaired) electrons. The highest BCUT2D eigenvalue weighted by Gasteiger charge is 2.40. The minimum atomic E-state index is -3.74. The van der Waals surface area contributed by atoms with Gasteiger partial charge in [0.05, 0.1) is 61.5 Å². The number of piperidine rings is 2. The fourth-order valence-corrected chi connectivity index (χ4v) is 13.5. The lowest BCUT2D eigenvalue weighted by Gasteiger charge is -2.35. The lowest BCUT2D eigenvalue weighted by atomic mass is 9.89. The van der Waals surface area contributed by atoms with Gasteiger partial charge in [0.1, 0.15) is 35.3 Å². The second-order valence-electron chi connectivity index (χ2n) is 22.3. The standard InChI is InChI=1S/C62H87N5O12S2/c1-62(63,30-28-50(68)16-12-38-74-42-44-76-40-32-64-80(70,71)54-24-20-52(21-25-54)78-60-56-18-6-4-14-48(56)46-58(60)66-34-8-2-9-35-66)31-29-51(69)17-13-39-75-43-45-77-41-33-65-81(72,73)55-26-22-53(23-27-55)79-61-57-19-7-5-15-49(57)47-59(61)67-36-10-3-11-37-67/h4-7,14-15,18-27,58-61,64-65H,2-3,8-13,16-17,28-47,63H2,1H3/t58-,59-,60-,61-/m0/s1. The van der Waals surface area contributed by atoms with Gasteiger partial charge in [-0.1, -0.05) is 61.4 Å². The normalized spacial score (nSPS) is 19.8.